The lowest BCUT2D eigenvalue weighted by atomic mass is 9.86. The van der Waals surface area contributed by atoms with Crippen molar-refractivity contribution >= 4 is 27.9 Å². The Labute approximate surface area is 157 Å². The van der Waals surface area contributed by atoms with Gasteiger partial charge in [-0.15, -0.1) is 0 Å². The van der Waals surface area contributed by atoms with Gasteiger partial charge in [0, 0.05) is 6.04 Å². The molecule has 5 heteroatoms. The molecule has 0 aromatic heterocycles. The number of carbonyl (C=O) groups is 1. The summed E-state index contributed by atoms with van der Waals surface area (Å²) in [6.07, 6.45) is 7.71. The maximum atomic E-state index is 12.4. The maximum Gasteiger partial charge on any atom is 0.262 e. The summed E-state index contributed by atoms with van der Waals surface area (Å²) >= 11 is 3.44. The van der Waals surface area contributed by atoms with Gasteiger partial charge in [0.15, 0.2) is 0 Å². The number of carbonyl (C=O) groups excluding carboxylic acids is 1. The highest BCUT2D eigenvalue weighted by Crippen LogP contribution is 2.27. The Bertz CT molecular complexity index is 706. The number of hydrogen-bond donors (Lipinski definition) is 1. The zero-order chi connectivity index (χ0) is 18.2. The van der Waals surface area contributed by atoms with Gasteiger partial charge in [0.05, 0.1) is 4.47 Å². The van der Waals surface area contributed by atoms with Gasteiger partial charge < -0.3 is 10.1 Å². The van der Waals surface area contributed by atoms with Crippen molar-refractivity contribution in [2.75, 3.05) is 6.61 Å². The predicted molar refractivity (Wildman–Crippen MR) is 103 cm³/mol. The van der Waals surface area contributed by atoms with Crippen LogP contribution in [0.25, 0.3) is 6.08 Å². The molecule has 2 rings (SSSR count). The van der Waals surface area contributed by atoms with Crippen LogP contribution in [0.15, 0.2) is 40.9 Å². The first-order valence-electron chi connectivity index (χ1n) is 8.51. The minimum Gasteiger partial charge on any atom is -0.488 e. The number of nitrogens with one attached hydrogen (secondary N) is 1. The van der Waals surface area contributed by atoms with Crippen molar-refractivity contribution in [1.82, 2.24) is 5.32 Å². The molecule has 0 radical (unpaired) electrons. The SMILES string of the molecule is C=CCOc1ccc(/C=C(\C#N)C(=O)N[C@@H]2CCCC[C@@H]2C)cc1Br. The van der Waals surface area contributed by atoms with Crippen LogP contribution >= 0.6 is 15.9 Å². The number of hydrogen-bond acceptors (Lipinski definition) is 3. The molecule has 2 atom stereocenters. The molecule has 1 amide bonds. The smallest absolute Gasteiger partial charge is 0.262 e. The second kappa shape index (κ2) is 9.43. The third kappa shape index (κ3) is 5.47. The van der Waals surface area contributed by atoms with Crippen molar-refractivity contribution in [2.45, 2.75) is 38.6 Å². The van der Waals surface area contributed by atoms with E-state index in [0.717, 1.165) is 29.3 Å². The van der Waals surface area contributed by atoms with Gasteiger partial charge in [0.25, 0.3) is 5.91 Å². The average Bonchev–Trinajstić information content (AvgIpc) is 2.60. The highest BCUT2D eigenvalue weighted by molar-refractivity contribution is 9.10. The quantitative estimate of drug-likeness (QED) is 0.429. The van der Waals surface area contributed by atoms with E-state index in [1.165, 1.54) is 6.42 Å². The first-order chi connectivity index (χ1) is 12.0. The predicted octanol–water partition coefficient (Wildman–Crippen LogP) is 4.62. The van der Waals surface area contributed by atoms with Gasteiger partial charge in [-0.05, 0) is 58.5 Å². The molecule has 132 valence electrons. The number of nitrogens with zero attached hydrogens (tertiary/aromatic N) is 1. The fourth-order valence-electron chi connectivity index (χ4n) is 2.96. The maximum absolute atomic E-state index is 12.4. The standard InChI is InChI=1S/C20H23BrN2O2/c1-3-10-25-19-9-8-15(12-17(19)21)11-16(13-22)20(24)23-18-7-5-4-6-14(18)2/h3,8-9,11-12,14,18H,1,4-7,10H2,2H3,(H,23,24)/b16-11+/t14-,18+/m0/s1. The second-order valence-corrected chi connectivity index (χ2v) is 7.16. The van der Waals surface area contributed by atoms with Crippen molar-refractivity contribution in [3.8, 4) is 11.8 Å². The van der Waals surface area contributed by atoms with E-state index in [0.29, 0.717) is 18.3 Å². The van der Waals surface area contributed by atoms with Crippen LogP contribution < -0.4 is 10.1 Å². The van der Waals surface area contributed by atoms with Crippen molar-refractivity contribution in [3.05, 3.63) is 46.5 Å². The Balaban J connectivity index is 2.10. The summed E-state index contributed by atoms with van der Waals surface area (Å²) in [7, 11) is 0. The molecule has 1 fully saturated rings. The van der Waals surface area contributed by atoms with E-state index in [2.05, 4.69) is 34.7 Å². The Hall–Kier alpha value is -2.06. The molecule has 25 heavy (non-hydrogen) atoms. The molecule has 1 aliphatic carbocycles. The molecule has 0 unspecified atom stereocenters. The molecular weight excluding hydrogens is 380 g/mol. The van der Waals surface area contributed by atoms with Crippen molar-refractivity contribution in [1.29, 1.82) is 5.26 Å². The van der Waals surface area contributed by atoms with Gasteiger partial charge in [0.1, 0.15) is 24.0 Å². The van der Waals surface area contributed by atoms with Gasteiger partial charge in [-0.3, -0.25) is 4.79 Å². The third-order valence-electron chi connectivity index (χ3n) is 4.42. The zero-order valence-electron chi connectivity index (χ0n) is 14.4. The fraction of sp³-hybridized carbons (Fsp3) is 0.400. The Morgan fingerprint density at radius 3 is 2.88 bits per heavy atom. The number of amides is 1. The minimum absolute atomic E-state index is 0.115. The van der Waals surface area contributed by atoms with Gasteiger partial charge in [0.2, 0.25) is 0 Å². The van der Waals surface area contributed by atoms with E-state index < -0.39 is 0 Å². The molecule has 1 aliphatic rings. The van der Waals surface area contributed by atoms with E-state index in [-0.39, 0.29) is 17.5 Å². The van der Waals surface area contributed by atoms with Crippen LogP contribution in [0.3, 0.4) is 0 Å². The van der Waals surface area contributed by atoms with Gasteiger partial charge in [-0.25, -0.2) is 0 Å². The molecule has 1 N–H and O–H groups in total. The second-order valence-electron chi connectivity index (χ2n) is 6.30. The number of halogens is 1. The highest BCUT2D eigenvalue weighted by atomic mass is 79.9. The van der Waals surface area contributed by atoms with Crippen molar-refractivity contribution in [3.63, 3.8) is 0 Å². The molecule has 0 spiro atoms. The summed E-state index contributed by atoms with van der Waals surface area (Å²) in [5.74, 6) is 0.841. The highest BCUT2D eigenvalue weighted by Gasteiger charge is 2.24. The van der Waals surface area contributed by atoms with Gasteiger partial charge >= 0.3 is 0 Å². The van der Waals surface area contributed by atoms with Gasteiger partial charge in [-0.1, -0.05) is 38.5 Å². The molecule has 1 aromatic carbocycles. The van der Waals surface area contributed by atoms with Crippen LogP contribution in [-0.2, 0) is 4.79 Å². The number of rotatable bonds is 6. The Morgan fingerprint density at radius 1 is 1.48 bits per heavy atom. The molecule has 4 nitrogen and oxygen atoms in total. The summed E-state index contributed by atoms with van der Waals surface area (Å²) in [6.45, 7) is 6.18. The van der Waals surface area contributed by atoms with E-state index in [1.54, 1.807) is 18.2 Å². The number of ether oxygens (including phenoxy) is 1. The third-order valence-corrected chi connectivity index (χ3v) is 5.04. The first-order valence-corrected chi connectivity index (χ1v) is 9.30. The van der Waals surface area contributed by atoms with Gasteiger partial charge in [-0.2, -0.15) is 5.26 Å². The van der Waals surface area contributed by atoms with Crippen LogP contribution in [-0.4, -0.2) is 18.6 Å². The molecule has 0 saturated heterocycles. The van der Waals surface area contributed by atoms with E-state index in [1.807, 2.05) is 18.2 Å². The summed E-state index contributed by atoms with van der Waals surface area (Å²) in [4.78, 5) is 12.4. The lowest BCUT2D eigenvalue weighted by Gasteiger charge is -2.29. The van der Waals surface area contributed by atoms with E-state index >= 15 is 0 Å². The van der Waals surface area contributed by atoms with Crippen molar-refractivity contribution in [2.24, 2.45) is 5.92 Å². The molecule has 0 aliphatic heterocycles. The molecular formula is C20H23BrN2O2. The molecule has 0 bridgehead atoms. The van der Waals surface area contributed by atoms with Crippen LogP contribution in [0.1, 0.15) is 38.2 Å². The van der Waals surface area contributed by atoms with Crippen LogP contribution in [0.2, 0.25) is 0 Å². The zero-order valence-corrected chi connectivity index (χ0v) is 16.0. The van der Waals surface area contributed by atoms with Crippen LogP contribution in [0.4, 0.5) is 0 Å². The Morgan fingerprint density at radius 2 is 2.24 bits per heavy atom. The number of nitriles is 1. The molecule has 1 aromatic rings. The lowest BCUT2D eigenvalue weighted by Crippen LogP contribution is -2.41. The fourth-order valence-corrected chi connectivity index (χ4v) is 3.48. The normalized spacial score (nSPS) is 20.4. The summed E-state index contributed by atoms with van der Waals surface area (Å²) in [5.41, 5.74) is 0.880. The molecule has 0 heterocycles. The van der Waals surface area contributed by atoms with Crippen molar-refractivity contribution < 1.29 is 9.53 Å². The van der Waals surface area contributed by atoms with Crippen LogP contribution in [0.5, 0.6) is 5.75 Å². The number of benzene rings is 1. The first kappa shape index (κ1) is 19.3. The summed E-state index contributed by atoms with van der Waals surface area (Å²) in [6, 6.07) is 7.61. The van der Waals surface area contributed by atoms with E-state index in [9.17, 15) is 10.1 Å². The Kier molecular flexibility index (Phi) is 7.27. The summed E-state index contributed by atoms with van der Waals surface area (Å²) < 4.78 is 6.27. The van der Waals surface area contributed by atoms with E-state index in [4.69, 9.17) is 4.74 Å². The van der Waals surface area contributed by atoms with Crippen LogP contribution in [0, 0.1) is 17.2 Å². The average molecular weight is 403 g/mol. The monoisotopic (exact) mass is 402 g/mol. The molecule has 1 saturated carbocycles. The largest absolute Gasteiger partial charge is 0.488 e. The lowest BCUT2D eigenvalue weighted by molar-refractivity contribution is -0.118. The topological polar surface area (TPSA) is 62.1 Å². The summed E-state index contributed by atoms with van der Waals surface area (Å²) in [5, 5.41) is 12.4. The minimum atomic E-state index is -0.302.